The summed E-state index contributed by atoms with van der Waals surface area (Å²) in [6.07, 6.45) is -7.87. The summed E-state index contributed by atoms with van der Waals surface area (Å²) in [6.45, 7) is 2.23. The standard InChI is InChI=1S/C31H23ClF5N5O3S/c1-18-14-23-16-46-28(42(23)26-15-21(32)6-11-25(18)26)39-29(43)44-13-12-19-2-4-20(5-3-19)27-38-17-41(40-27)22-7-9-24(10-8-22)45-31(36,37)30(33,34)35/h2-11,14-15,17-18H,12-13,16H2,1H3/b39-28-. The average molecular weight is 676 g/mol. The van der Waals surface area contributed by atoms with Crippen molar-refractivity contribution in [2.75, 3.05) is 17.3 Å². The van der Waals surface area contributed by atoms with Crippen molar-refractivity contribution in [3.8, 4) is 22.8 Å². The van der Waals surface area contributed by atoms with Gasteiger partial charge in [-0.05, 0) is 47.5 Å². The number of halogens is 6. The molecule has 0 bridgehead atoms. The Morgan fingerprint density at radius 2 is 1.80 bits per heavy atom. The summed E-state index contributed by atoms with van der Waals surface area (Å²) in [5.74, 6) is 0.612. The van der Waals surface area contributed by atoms with Crippen LogP contribution in [0.15, 0.2) is 89.8 Å². The highest BCUT2D eigenvalue weighted by atomic mass is 35.5. The van der Waals surface area contributed by atoms with Crippen LogP contribution in [-0.4, -0.2) is 50.7 Å². The number of fused-ring (bicyclic) bond motifs is 3. The molecule has 0 saturated carbocycles. The highest BCUT2D eigenvalue weighted by molar-refractivity contribution is 8.14. The van der Waals surface area contributed by atoms with E-state index in [1.54, 1.807) is 12.1 Å². The lowest BCUT2D eigenvalue weighted by Crippen LogP contribution is -2.41. The van der Waals surface area contributed by atoms with Gasteiger partial charge in [-0.2, -0.15) is 26.9 Å². The van der Waals surface area contributed by atoms with Crippen LogP contribution in [0.3, 0.4) is 0 Å². The van der Waals surface area contributed by atoms with E-state index in [4.69, 9.17) is 16.3 Å². The Labute approximate surface area is 268 Å². The Morgan fingerprint density at radius 1 is 1.07 bits per heavy atom. The minimum atomic E-state index is -5.84. The molecule has 1 aromatic heterocycles. The lowest BCUT2D eigenvalue weighted by Gasteiger charge is -2.29. The van der Waals surface area contributed by atoms with Crippen molar-refractivity contribution >= 4 is 40.3 Å². The molecule has 8 nitrogen and oxygen atoms in total. The maximum Gasteiger partial charge on any atom is 0.499 e. The summed E-state index contributed by atoms with van der Waals surface area (Å²) in [5, 5.41) is 5.48. The normalized spacial score (nSPS) is 17.0. The maximum absolute atomic E-state index is 13.1. The Morgan fingerprint density at radius 3 is 2.52 bits per heavy atom. The molecule has 1 saturated heterocycles. The van der Waals surface area contributed by atoms with Crippen LogP contribution in [0, 0.1) is 0 Å². The van der Waals surface area contributed by atoms with Gasteiger partial charge in [0.05, 0.1) is 18.0 Å². The Bertz CT molecular complexity index is 1830. The van der Waals surface area contributed by atoms with Gasteiger partial charge in [-0.1, -0.05) is 66.7 Å². The van der Waals surface area contributed by atoms with E-state index < -0.39 is 24.1 Å². The number of anilines is 1. The third-order valence-corrected chi connectivity index (χ3v) is 8.39. The number of nitrogens with zero attached hydrogens (tertiary/aromatic N) is 5. The first kappa shape index (κ1) is 31.5. The smallest absolute Gasteiger partial charge is 0.448 e. The van der Waals surface area contributed by atoms with Gasteiger partial charge in [0.1, 0.15) is 12.1 Å². The molecule has 0 N–H and O–H groups in total. The molecule has 0 aliphatic carbocycles. The monoisotopic (exact) mass is 675 g/mol. The van der Waals surface area contributed by atoms with E-state index in [0.29, 0.717) is 39.4 Å². The molecule has 0 spiro atoms. The van der Waals surface area contributed by atoms with Crippen molar-refractivity contribution in [1.29, 1.82) is 0 Å². The van der Waals surface area contributed by atoms with Crippen molar-refractivity contribution in [3.05, 3.63) is 101 Å². The summed E-state index contributed by atoms with van der Waals surface area (Å²) in [5.41, 5.74) is 5.00. The molecule has 15 heteroatoms. The number of alkyl halides is 5. The van der Waals surface area contributed by atoms with E-state index in [1.807, 2.05) is 35.2 Å². The molecule has 3 aromatic carbocycles. The first-order valence-electron chi connectivity index (χ1n) is 13.8. The number of thioether (sulfide) groups is 1. The van der Waals surface area contributed by atoms with Gasteiger partial charge < -0.3 is 9.47 Å². The van der Waals surface area contributed by atoms with Crippen LogP contribution in [0.1, 0.15) is 24.0 Å². The second-order valence-corrected chi connectivity index (χ2v) is 11.7. The Hall–Kier alpha value is -4.43. The molecule has 46 heavy (non-hydrogen) atoms. The lowest BCUT2D eigenvalue weighted by molar-refractivity contribution is -0.360. The molecule has 4 aromatic rings. The van der Waals surface area contributed by atoms with Gasteiger partial charge in [-0.3, -0.25) is 4.90 Å². The molecule has 3 heterocycles. The van der Waals surface area contributed by atoms with Crippen LogP contribution in [0.4, 0.5) is 32.4 Å². The molecule has 2 aliphatic heterocycles. The number of amides is 1. The first-order valence-corrected chi connectivity index (χ1v) is 15.2. The van der Waals surface area contributed by atoms with Gasteiger partial charge in [0.15, 0.2) is 11.0 Å². The number of benzene rings is 3. The third kappa shape index (κ3) is 6.58. The zero-order valence-corrected chi connectivity index (χ0v) is 25.4. The first-order chi connectivity index (χ1) is 21.9. The van der Waals surface area contributed by atoms with E-state index in [9.17, 15) is 26.7 Å². The summed E-state index contributed by atoms with van der Waals surface area (Å²) in [6, 6.07) is 17.5. The number of carbonyl (C=O) groups is 1. The van der Waals surface area contributed by atoms with Gasteiger partial charge in [0.25, 0.3) is 0 Å². The Kier molecular flexibility index (Phi) is 8.51. The topological polar surface area (TPSA) is 81.8 Å². The van der Waals surface area contributed by atoms with Gasteiger partial charge in [0.2, 0.25) is 0 Å². The number of aliphatic imine (C=N–C) groups is 1. The third-order valence-electron chi connectivity index (χ3n) is 7.18. The van der Waals surface area contributed by atoms with Crippen molar-refractivity contribution in [1.82, 2.24) is 14.8 Å². The van der Waals surface area contributed by atoms with Crippen molar-refractivity contribution in [3.63, 3.8) is 0 Å². The highest BCUT2D eigenvalue weighted by Gasteiger charge is 2.61. The Balaban J connectivity index is 1.03. The molecule has 6 rings (SSSR count). The number of aromatic nitrogens is 3. The summed E-state index contributed by atoms with van der Waals surface area (Å²) in [4.78, 5) is 23.0. The summed E-state index contributed by atoms with van der Waals surface area (Å²) >= 11 is 7.72. The molecule has 238 valence electrons. The minimum absolute atomic E-state index is 0.114. The number of rotatable bonds is 7. The zero-order chi connectivity index (χ0) is 32.6. The second-order valence-electron chi connectivity index (χ2n) is 10.4. The second kappa shape index (κ2) is 12.4. The summed E-state index contributed by atoms with van der Waals surface area (Å²) < 4.78 is 74.0. The van der Waals surface area contributed by atoms with Gasteiger partial charge >= 0.3 is 18.4 Å². The van der Waals surface area contributed by atoms with E-state index in [2.05, 4.69) is 32.8 Å². The van der Waals surface area contributed by atoms with Crippen LogP contribution in [-0.2, 0) is 11.2 Å². The van der Waals surface area contributed by atoms with E-state index >= 15 is 0 Å². The van der Waals surface area contributed by atoms with Crippen LogP contribution in [0.5, 0.6) is 5.75 Å². The SMILES string of the molecule is CC1C=C2CS/C(=N\C(=O)OCCc3ccc(-c4ncn(-c5ccc(OC(F)(F)C(F)(F)F)cc5)n4)cc3)N2c2cc(Cl)ccc21. The minimum Gasteiger partial charge on any atom is -0.448 e. The quantitative estimate of drug-likeness (QED) is 0.182. The zero-order valence-electron chi connectivity index (χ0n) is 23.8. The molecular formula is C31H23ClF5N5O3S. The molecule has 0 radical (unpaired) electrons. The van der Waals surface area contributed by atoms with Gasteiger partial charge in [-0.15, -0.1) is 5.10 Å². The number of carbonyl (C=O) groups excluding carboxylic acids is 1. The number of hydrogen-bond donors (Lipinski definition) is 0. The van der Waals surface area contributed by atoms with Crippen molar-refractivity contribution < 1.29 is 36.2 Å². The predicted octanol–water partition coefficient (Wildman–Crippen LogP) is 8.41. The predicted molar refractivity (Wildman–Crippen MR) is 164 cm³/mol. The van der Waals surface area contributed by atoms with Crippen molar-refractivity contribution in [2.45, 2.75) is 31.5 Å². The van der Waals surface area contributed by atoms with E-state index in [0.717, 1.165) is 34.6 Å². The number of hydrogen-bond acceptors (Lipinski definition) is 6. The lowest BCUT2D eigenvalue weighted by atomic mass is 9.94. The highest BCUT2D eigenvalue weighted by Crippen LogP contribution is 2.44. The van der Waals surface area contributed by atoms with E-state index in [1.165, 1.54) is 34.9 Å². The number of ether oxygens (including phenoxy) is 2. The molecule has 1 amide bonds. The van der Waals surface area contributed by atoms with Crippen LogP contribution in [0.2, 0.25) is 5.02 Å². The molecule has 2 aliphatic rings. The van der Waals surface area contributed by atoms with Gasteiger partial charge in [-0.25, -0.2) is 14.5 Å². The van der Waals surface area contributed by atoms with Crippen molar-refractivity contribution in [2.24, 2.45) is 4.99 Å². The number of amidine groups is 1. The van der Waals surface area contributed by atoms with Crippen LogP contribution >= 0.6 is 23.4 Å². The van der Waals surface area contributed by atoms with Crippen LogP contribution in [0.25, 0.3) is 17.1 Å². The van der Waals surface area contributed by atoms with Crippen LogP contribution < -0.4 is 9.64 Å². The fourth-order valence-corrected chi connectivity index (χ4v) is 6.06. The number of allylic oxidation sites excluding steroid dienone is 1. The largest absolute Gasteiger partial charge is 0.499 e. The molecule has 1 unspecified atom stereocenters. The maximum atomic E-state index is 13.1. The summed E-state index contributed by atoms with van der Waals surface area (Å²) in [7, 11) is 0. The average Bonchev–Trinajstić information content (AvgIpc) is 3.65. The fourth-order valence-electron chi connectivity index (χ4n) is 4.91. The van der Waals surface area contributed by atoms with E-state index in [-0.39, 0.29) is 12.5 Å². The molecule has 1 atom stereocenters. The fraction of sp³-hybridized carbons (Fsp3) is 0.226. The molecule has 1 fully saturated rings. The van der Waals surface area contributed by atoms with Gasteiger partial charge in [0, 0.05) is 34.4 Å². The molecular weight excluding hydrogens is 653 g/mol.